The lowest BCUT2D eigenvalue weighted by Crippen LogP contribution is -2.31. The van der Waals surface area contributed by atoms with Crippen LogP contribution in [0.2, 0.25) is 5.02 Å². The molecule has 0 spiro atoms. The summed E-state index contributed by atoms with van der Waals surface area (Å²) in [5, 5.41) is 8.11. The van der Waals surface area contributed by atoms with Gasteiger partial charge in [-0.3, -0.25) is 4.79 Å². The van der Waals surface area contributed by atoms with Gasteiger partial charge in [0.2, 0.25) is 5.82 Å². The first-order valence-corrected chi connectivity index (χ1v) is 10.5. The van der Waals surface area contributed by atoms with Crippen molar-refractivity contribution in [1.82, 2.24) is 29.6 Å². The Bertz CT molecular complexity index is 1240. The predicted octanol–water partition coefficient (Wildman–Crippen LogP) is 3.89. The highest BCUT2D eigenvalue weighted by Crippen LogP contribution is 2.28. The van der Waals surface area contributed by atoms with E-state index in [2.05, 4.69) is 32.5 Å². The number of halogens is 1. The molecule has 4 aromatic rings. The summed E-state index contributed by atoms with van der Waals surface area (Å²) in [5.41, 5.74) is 4.36. The van der Waals surface area contributed by atoms with Crippen LogP contribution in [0.5, 0.6) is 0 Å². The van der Waals surface area contributed by atoms with E-state index in [1.165, 1.54) is 5.56 Å². The maximum Gasteiger partial charge on any atom is 0.291 e. The molecular weight excluding hydrogens is 412 g/mol. The molecule has 156 valence electrons. The maximum absolute atomic E-state index is 12.9. The number of para-hydroxylation sites is 1. The second kappa shape index (κ2) is 8.00. The van der Waals surface area contributed by atoms with Crippen LogP contribution >= 0.6 is 11.6 Å². The lowest BCUT2D eigenvalue weighted by Gasteiger charge is -2.15. The average Bonchev–Trinajstić information content (AvgIpc) is 3.41. The molecule has 0 saturated carbocycles. The fourth-order valence-corrected chi connectivity index (χ4v) is 4.31. The van der Waals surface area contributed by atoms with Crippen molar-refractivity contribution in [3.05, 3.63) is 94.5 Å². The van der Waals surface area contributed by atoms with Crippen LogP contribution in [-0.4, -0.2) is 30.2 Å². The number of aryl methyl sites for hydroxylation is 2. The summed E-state index contributed by atoms with van der Waals surface area (Å²) in [6.45, 7) is 2.45. The number of amides is 1. The number of nitrogens with one attached hydrogen (secondary N) is 1. The Kier molecular flexibility index (Phi) is 5.03. The topological polar surface area (TPSA) is 77.6 Å². The van der Waals surface area contributed by atoms with Crippen molar-refractivity contribution in [3.63, 3.8) is 0 Å². The van der Waals surface area contributed by atoms with Gasteiger partial charge in [0.1, 0.15) is 12.2 Å². The van der Waals surface area contributed by atoms with E-state index >= 15 is 0 Å². The molecule has 1 unspecified atom stereocenters. The third kappa shape index (κ3) is 3.72. The highest BCUT2D eigenvalue weighted by molar-refractivity contribution is 6.31. The minimum absolute atomic E-state index is 0.129. The molecule has 0 radical (unpaired) electrons. The number of imidazole rings is 1. The van der Waals surface area contributed by atoms with Crippen LogP contribution < -0.4 is 5.32 Å². The summed E-state index contributed by atoms with van der Waals surface area (Å²) in [6.07, 6.45) is 6.84. The molecular formula is C23H21ClN6O. The zero-order chi connectivity index (χ0) is 21.4. The Morgan fingerprint density at radius 3 is 2.94 bits per heavy atom. The fourth-order valence-electron chi connectivity index (χ4n) is 4.03. The first-order valence-electron chi connectivity index (χ1n) is 10.2. The van der Waals surface area contributed by atoms with Gasteiger partial charge in [-0.2, -0.15) is 0 Å². The second-order valence-electron chi connectivity index (χ2n) is 7.65. The highest BCUT2D eigenvalue weighted by atomic mass is 35.5. The third-order valence-corrected chi connectivity index (χ3v) is 6.01. The normalized spacial score (nSPS) is 15.1. The molecule has 0 aliphatic carbocycles. The molecule has 3 heterocycles. The number of nitrogens with zero attached hydrogens (tertiary/aromatic N) is 5. The molecule has 2 aromatic heterocycles. The zero-order valence-corrected chi connectivity index (χ0v) is 17.8. The molecule has 31 heavy (non-hydrogen) atoms. The van der Waals surface area contributed by atoms with E-state index < -0.39 is 0 Å². The van der Waals surface area contributed by atoms with Crippen LogP contribution in [0.15, 0.2) is 61.2 Å². The van der Waals surface area contributed by atoms with Crippen LogP contribution in [0, 0.1) is 6.92 Å². The number of hydrogen-bond donors (Lipinski definition) is 1. The van der Waals surface area contributed by atoms with Crippen LogP contribution in [0.3, 0.4) is 0 Å². The van der Waals surface area contributed by atoms with Crippen molar-refractivity contribution in [3.8, 4) is 5.69 Å². The summed E-state index contributed by atoms with van der Waals surface area (Å²) in [6, 6.07) is 13.8. The molecule has 0 fully saturated rings. The van der Waals surface area contributed by atoms with Gasteiger partial charge < -0.3 is 9.88 Å². The smallest absolute Gasteiger partial charge is 0.291 e. The summed E-state index contributed by atoms with van der Waals surface area (Å²) in [4.78, 5) is 21.6. The van der Waals surface area contributed by atoms with Gasteiger partial charge in [0.15, 0.2) is 0 Å². The Balaban J connectivity index is 1.35. The minimum atomic E-state index is -0.319. The van der Waals surface area contributed by atoms with Crippen molar-refractivity contribution in [2.45, 2.75) is 32.4 Å². The van der Waals surface area contributed by atoms with Gasteiger partial charge >= 0.3 is 0 Å². The molecule has 0 bridgehead atoms. The summed E-state index contributed by atoms with van der Waals surface area (Å²) < 4.78 is 3.67. The van der Waals surface area contributed by atoms with Gasteiger partial charge in [-0.25, -0.2) is 14.6 Å². The molecule has 1 N–H and O–H groups in total. The molecule has 1 aliphatic heterocycles. The number of carbonyl (C=O) groups is 1. The van der Waals surface area contributed by atoms with E-state index in [1.54, 1.807) is 17.2 Å². The largest absolute Gasteiger partial charge is 0.339 e. The Morgan fingerprint density at radius 1 is 1.19 bits per heavy atom. The standard InChI is InChI=1S/C23H21ClN6O/c1-15-5-4-7-18(24)17(15)13-29-14-26-21(28-29)23(31)27-19-10-9-16-6-2-3-8-20(16)30-12-11-25-22(19)30/h2-8,11-12,14,19H,9-10,13H2,1H3,(H,27,31). The fraction of sp³-hybridized carbons (Fsp3) is 0.217. The van der Waals surface area contributed by atoms with E-state index in [1.807, 2.05) is 48.0 Å². The Labute approximate surface area is 184 Å². The van der Waals surface area contributed by atoms with Crippen LogP contribution in [0.4, 0.5) is 0 Å². The van der Waals surface area contributed by atoms with Crippen molar-refractivity contribution in [2.75, 3.05) is 0 Å². The average molecular weight is 433 g/mol. The molecule has 2 aromatic carbocycles. The minimum Gasteiger partial charge on any atom is -0.339 e. The van der Waals surface area contributed by atoms with Crippen LogP contribution in [0.25, 0.3) is 5.69 Å². The predicted molar refractivity (Wildman–Crippen MR) is 117 cm³/mol. The van der Waals surface area contributed by atoms with Crippen molar-refractivity contribution < 1.29 is 4.79 Å². The number of benzene rings is 2. The lowest BCUT2D eigenvalue weighted by molar-refractivity contribution is 0.0922. The molecule has 7 nitrogen and oxygen atoms in total. The molecule has 0 saturated heterocycles. The monoisotopic (exact) mass is 432 g/mol. The molecule has 8 heteroatoms. The van der Waals surface area contributed by atoms with Gasteiger partial charge in [0, 0.05) is 23.1 Å². The maximum atomic E-state index is 12.9. The van der Waals surface area contributed by atoms with Gasteiger partial charge in [0.25, 0.3) is 5.91 Å². The number of fused-ring (bicyclic) bond motifs is 3. The first kappa shape index (κ1) is 19.5. The van der Waals surface area contributed by atoms with E-state index in [9.17, 15) is 4.79 Å². The number of hydrogen-bond acceptors (Lipinski definition) is 4. The SMILES string of the molecule is Cc1cccc(Cl)c1Cn1cnc(C(=O)NC2CCc3ccccc3-n3ccnc32)n1. The number of carbonyl (C=O) groups excluding carboxylic acids is 1. The van der Waals surface area contributed by atoms with E-state index in [0.717, 1.165) is 35.5 Å². The molecule has 1 atom stereocenters. The lowest BCUT2D eigenvalue weighted by atomic mass is 10.1. The van der Waals surface area contributed by atoms with Crippen molar-refractivity contribution in [2.24, 2.45) is 0 Å². The molecule has 1 amide bonds. The number of rotatable bonds is 4. The molecule has 1 aliphatic rings. The van der Waals surface area contributed by atoms with Crippen molar-refractivity contribution in [1.29, 1.82) is 0 Å². The highest BCUT2D eigenvalue weighted by Gasteiger charge is 2.26. The second-order valence-corrected chi connectivity index (χ2v) is 8.06. The Hall–Kier alpha value is -3.45. The van der Waals surface area contributed by atoms with Crippen LogP contribution in [0.1, 0.15) is 45.6 Å². The van der Waals surface area contributed by atoms with Crippen molar-refractivity contribution >= 4 is 17.5 Å². The Morgan fingerprint density at radius 2 is 2.06 bits per heavy atom. The van der Waals surface area contributed by atoms with Gasteiger partial charge in [0.05, 0.1) is 12.6 Å². The molecule has 5 rings (SSSR count). The first-order chi connectivity index (χ1) is 15.1. The summed E-state index contributed by atoms with van der Waals surface area (Å²) in [5.74, 6) is 0.620. The van der Waals surface area contributed by atoms with Gasteiger partial charge in [-0.05, 0) is 48.6 Å². The number of aromatic nitrogens is 5. The summed E-state index contributed by atoms with van der Waals surface area (Å²) >= 11 is 6.32. The van der Waals surface area contributed by atoms with Crippen LogP contribution in [-0.2, 0) is 13.0 Å². The quantitative estimate of drug-likeness (QED) is 0.530. The van der Waals surface area contributed by atoms with E-state index in [4.69, 9.17) is 11.6 Å². The summed E-state index contributed by atoms with van der Waals surface area (Å²) in [7, 11) is 0. The zero-order valence-electron chi connectivity index (χ0n) is 17.0. The third-order valence-electron chi connectivity index (χ3n) is 5.65. The van der Waals surface area contributed by atoms with Gasteiger partial charge in [-0.15, -0.1) is 5.10 Å². The van der Waals surface area contributed by atoms with E-state index in [-0.39, 0.29) is 17.8 Å². The van der Waals surface area contributed by atoms with Gasteiger partial charge in [-0.1, -0.05) is 41.9 Å². The van der Waals surface area contributed by atoms with E-state index in [0.29, 0.717) is 11.6 Å².